The fraction of sp³-hybridized carbons (Fsp3) is 0.179. The van der Waals surface area contributed by atoms with E-state index < -0.39 is 23.5 Å². The van der Waals surface area contributed by atoms with Crippen LogP contribution in [0.4, 0.5) is 0 Å². The fourth-order valence-corrected chi connectivity index (χ4v) is 4.14. The number of aryl methyl sites for hydroxylation is 2. The van der Waals surface area contributed by atoms with E-state index in [1.165, 1.54) is 6.20 Å². The second-order valence-corrected chi connectivity index (χ2v) is 8.29. The van der Waals surface area contributed by atoms with Crippen molar-refractivity contribution in [2.45, 2.75) is 25.4 Å². The lowest BCUT2D eigenvalue weighted by Crippen LogP contribution is -2.52. The third kappa shape index (κ3) is 5.22. The number of carboxylic acid groups (broad SMARTS) is 1. The van der Waals surface area contributed by atoms with E-state index in [-0.39, 0.29) is 18.2 Å². The monoisotopic (exact) mass is 483 g/mol. The number of carbonyl (C=O) groups is 2. The molecule has 4 rings (SSSR count). The van der Waals surface area contributed by atoms with Crippen molar-refractivity contribution in [1.82, 2.24) is 15.0 Å². The summed E-state index contributed by atoms with van der Waals surface area (Å²) in [5.74, 6) is -1.89. The van der Waals surface area contributed by atoms with Crippen molar-refractivity contribution in [2.24, 2.45) is 0 Å². The van der Waals surface area contributed by atoms with Crippen molar-refractivity contribution in [1.29, 1.82) is 0 Å². The first-order valence-electron chi connectivity index (χ1n) is 11.3. The Morgan fingerprint density at radius 3 is 1.97 bits per heavy atom. The first-order valence-corrected chi connectivity index (χ1v) is 11.3. The molecule has 0 saturated heterocycles. The number of benzene rings is 2. The van der Waals surface area contributed by atoms with Gasteiger partial charge in [0.05, 0.1) is 5.56 Å². The lowest BCUT2D eigenvalue weighted by molar-refractivity contribution is -0.149. The molecule has 0 radical (unpaired) electrons. The molecule has 36 heavy (non-hydrogen) atoms. The van der Waals surface area contributed by atoms with Crippen LogP contribution < -0.4 is 4.74 Å². The van der Waals surface area contributed by atoms with Crippen LogP contribution in [0.15, 0.2) is 91.3 Å². The molecular weight excluding hydrogens is 458 g/mol. The minimum atomic E-state index is -1.54. The van der Waals surface area contributed by atoms with E-state index in [2.05, 4.69) is 15.0 Å². The van der Waals surface area contributed by atoms with Gasteiger partial charge in [-0.1, -0.05) is 60.7 Å². The Bertz CT molecular complexity index is 1270. The maximum absolute atomic E-state index is 12.9. The molecule has 0 spiro atoms. The van der Waals surface area contributed by atoms with E-state index in [1.54, 1.807) is 86.8 Å². The third-order valence-electron chi connectivity index (χ3n) is 5.76. The molecule has 8 heteroatoms. The standard InChI is InChI=1S/C28H25N3O5/c1-19-16-20(2)31-27(30-19)36-24(25(32)33)28(22-11-5-3-6-12-22,23-13-7-4-8-14-23)18-35-26(34)21-10-9-15-29-17-21/h3-17,24H,18H2,1-2H3,(H,32,33). The molecule has 2 heterocycles. The van der Waals surface area contributed by atoms with Gasteiger partial charge in [-0.25, -0.2) is 19.6 Å². The van der Waals surface area contributed by atoms with Crippen LogP contribution in [-0.2, 0) is 14.9 Å². The van der Waals surface area contributed by atoms with Crippen LogP contribution >= 0.6 is 0 Å². The summed E-state index contributed by atoms with van der Waals surface area (Å²) in [6, 6.07) is 22.9. The molecule has 0 saturated carbocycles. The molecule has 1 N–H and O–H groups in total. The number of nitrogens with zero attached hydrogens (tertiary/aromatic N) is 3. The number of esters is 1. The van der Waals surface area contributed by atoms with Crippen molar-refractivity contribution >= 4 is 11.9 Å². The molecule has 0 amide bonds. The predicted octanol–water partition coefficient (Wildman–Crippen LogP) is 4.16. The lowest BCUT2D eigenvalue weighted by atomic mass is 9.70. The van der Waals surface area contributed by atoms with Gasteiger partial charge in [-0.2, -0.15) is 0 Å². The third-order valence-corrected chi connectivity index (χ3v) is 5.76. The first kappa shape index (κ1) is 24.5. The van der Waals surface area contributed by atoms with Crippen molar-refractivity contribution in [3.05, 3.63) is 119 Å². The maximum atomic E-state index is 12.9. The van der Waals surface area contributed by atoms with Crippen LogP contribution in [0, 0.1) is 13.8 Å². The molecule has 2 aromatic carbocycles. The molecule has 8 nitrogen and oxygen atoms in total. The van der Waals surface area contributed by atoms with Crippen LogP contribution in [0.1, 0.15) is 32.9 Å². The highest BCUT2D eigenvalue weighted by Crippen LogP contribution is 2.38. The highest BCUT2D eigenvalue weighted by atomic mass is 16.5. The van der Waals surface area contributed by atoms with E-state index >= 15 is 0 Å². The van der Waals surface area contributed by atoms with E-state index in [9.17, 15) is 14.7 Å². The quantitative estimate of drug-likeness (QED) is 0.353. The summed E-state index contributed by atoms with van der Waals surface area (Å²) >= 11 is 0. The summed E-state index contributed by atoms with van der Waals surface area (Å²) in [7, 11) is 0. The zero-order valence-corrected chi connectivity index (χ0v) is 19.9. The zero-order chi connectivity index (χ0) is 25.5. The number of carbonyl (C=O) groups excluding carboxylic acids is 1. The van der Waals surface area contributed by atoms with Crippen LogP contribution in [0.3, 0.4) is 0 Å². The average molecular weight is 484 g/mol. The molecule has 182 valence electrons. The van der Waals surface area contributed by atoms with Gasteiger partial charge in [0.2, 0.25) is 6.10 Å². The van der Waals surface area contributed by atoms with Crippen LogP contribution in [0.5, 0.6) is 6.01 Å². The average Bonchev–Trinajstić information content (AvgIpc) is 2.89. The molecule has 1 atom stereocenters. The van der Waals surface area contributed by atoms with Crippen molar-refractivity contribution < 1.29 is 24.2 Å². The maximum Gasteiger partial charge on any atom is 0.346 e. The minimum absolute atomic E-state index is 0.0743. The molecule has 4 aromatic rings. The smallest absolute Gasteiger partial charge is 0.346 e. The molecule has 0 aliphatic rings. The number of hydrogen-bond donors (Lipinski definition) is 1. The Hall–Kier alpha value is -4.59. The number of pyridine rings is 1. The molecule has 2 aromatic heterocycles. The zero-order valence-electron chi connectivity index (χ0n) is 19.9. The van der Waals surface area contributed by atoms with Gasteiger partial charge < -0.3 is 14.6 Å². The van der Waals surface area contributed by atoms with E-state index in [0.717, 1.165) is 0 Å². The van der Waals surface area contributed by atoms with Gasteiger partial charge in [0.1, 0.15) is 12.0 Å². The van der Waals surface area contributed by atoms with Crippen molar-refractivity contribution in [3.8, 4) is 6.01 Å². The molecule has 1 unspecified atom stereocenters. The summed E-state index contributed by atoms with van der Waals surface area (Å²) < 4.78 is 11.8. The highest BCUT2D eigenvalue weighted by Gasteiger charge is 2.50. The van der Waals surface area contributed by atoms with Gasteiger partial charge in [0.15, 0.2) is 0 Å². The molecule has 0 aliphatic heterocycles. The summed E-state index contributed by atoms with van der Waals surface area (Å²) in [6.45, 7) is 3.22. The summed E-state index contributed by atoms with van der Waals surface area (Å²) in [5, 5.41) is 10.5. The second-order valence-electron chi connectivity index (χ2n) is 8.29. The Labute approximate surface area is 208 Å². The summed E-state index contributed by atoms with van der Waals surface area (Å²) in [6.07, 6.45) is 1.40. The molecule has 0 aliphatic carbocycles. The van der Waals surface area contributed by atoms with Crippen molar-refractivity contribution in [3.63, 3.8) is 0 Å². The highest BCUT2D eigenvalue weighted by molar-refractivity contribution is 5.89. The van der Waals surface area contributed by atoms with E-state index in [4.69, 9.17) is 9.47 Å². The number of ether oxygens (including phenoxy) is 2. The summed E-state index contributed by atoms with van der Waals surface area (Å²) in [5.41, 5.74) is 1.26. The van der Waals surface area contributed by atoms with Gasteiger partial charge in [-0.15, -0.1) is 0 Å². The number of aromatic nitrogens is 3. The Kier molecular flexibility index (Phi) is 7.34. The van der Waals surface area contributed by atoms with Crippen LogP contribution in [-0.4, -0.2) is 44.7 Å². The summed E-state index contributed by atoms with van der Waals surface area (Å²) in [4.78, 5) is 38.3. The first-order chi connectivity index (χ1) is 17.4. The lowest BCUT2D eigenvalue weighted by Gasteiger charge is -2.38. The predicted molar refractivity (Wildman–Crippen MR) is 132 cm³/mol. The molecule has 0 fully saturated rings. The van der Waals surface area contributed by atoms with Crippen LogP contribution in [0.25, 0.3) is 0 Å². The van der Waals surface area contributed by atoms with E-state index in [0.29, 0.717) is 22.5 Å². The Morgan fingerprint density at radius 2 is 1.47 bits per heavy atom. The van der Waals surface area contributed by atoms with E-state index in [1.807, 2.05) is 12.1 Å². The second kappa shape index (κ2) is 10.8. The van der Waals surface area contributed by atoms with Crippen molar-refractivity contribution in [2.75, 3.05) is 6.61 Å². The topological polar surface area (TPSA) is 112 Å². The van der Waals surface area contributed by atoms with Gasteiger partial charge in [-0.05, 0) is 43.2 Å². The van der Waals surface area contributed by atoms with Gasteiger partial charge >= 0.3 is 17.9 Å². The fourth-order valence-electron chi connectivity index (χ4n) is 4.14. The van der Waals surface area contributed by atoms with Gasteiger partial charge in [-0.3, -0.25) is 4.98 Å². The number of rotatable bonds is 9. The number of carboxylic acids is 1. The normalized spacial score (nSPS) is 11.9. The van der Waals surface area contributed by atoms with Gasteiger partial charge in [0.25, 0.3) is 0 Å². The molecule has 0 bridgehead atoms. The minimum Gasteiger partial charge on any atom is -0.478 e. The number of aliphatic carboxylic acids is 1. The SMILES string of the molecule is Cc1cc(C)nc(OC(C(=O)O)C(COC(=O)c2cccnc2)(c2ccccc2)c2ccccc2)n1. The molecular formula is C28H25N3O5. The Balaban J connectivity index is 1.87. The van der Waals surface area contributed by atoms with Gasteiger partial charge in [0, 0.05) is 23.8 Å². The largest absolute Gasteiger partial charge is 0.478 e. The Morgan fingerprint density at radius 1 is 0.889 bits per heavy atom. The number of hydrogen-bond acceptors (Lipinski definition) is 7. The van der Waals surface area contributed by atoms with Crippen LogP contribution in [0.2, 0.25) is 0 Å².